The number of primary amides is 1. The van der Waals surface area contributed by atoms with Gasteiger partial charge >= 0.3 is 0 Å². The highest BCUT2D eigenvalue weighted by molar-refractivity contribution is 7.89. The lowest BCUT2D eigenvalue weighted by Crippen LogP contribution is -2.51. The van der Waals surface area contributed by atoms with Gasteiger partial charge in [0.05, 0.1) is 4.90 Å². The minimum absolute atomic E-state index is 0. The van der Waals surface area contributed by atoms with Gasteiger partial charge in [-0.2, -0.15) is 0 Å². The molecular weight excluding hydrogens is 314 g/mol. The number of carbonyl (C=O) groups excluding carboxylic acids is 1. The Morgan fingerprint density at radius 3 is 2.76 bits per heavy atom. The number of amides is 1. The van der Waals surface area contributed by atoms with E-state index in [2.05, 4.69) is 10.0 Å². The summed E-state index contributed by atoms with van der Waals surface area (Å²) in [5.74, 6) is -0.644. The highest BCUT2D eigenvalue weighted by Crippen LogP contribution is 2.15. The van der Waals surface area contributed by atoms with E-state index in [1.54, 1.807) is 0 Å². The third-order valence-electron chi connectivity index (χ3n) is 3.50. The van der Waals surface area contributed by atoms with E-state index in [9.17, 15) is 13.2 Å². The molecule has 2 rings (SSSR count). The average molecular weight is 334 g/mol. The summed E-state index contributed by atoms with van der Waals surface area (Å²) in [5.41, 5.74) is 5.35. The van der Waals surface area contributed by atoms with E-state index in [-0.39, 0.29) is 34.9 Å². The molecule has 0 saturated carbocycles. The van der Waals surface area contributed by atoms with Gasteiger partial charge in [-0.25, -0.2) is 13.1 Å². The molecule has 1 heterocycles. The molecule has 0 spiro atoms. The van der Waals surface area contributed by atoms with Crippen molar-refractivity contribution in [2.75, 3.05) is 6.54 Å². The normalized spacial score (nSPS) is 22.3. The van der Waals surface area contributed by atoms with Crippen molar-refractivity contribution in [3.05, 3.63) is 29.8 Å². The molecule has 118 valence electrons. The van der Waals surface area contributed by atoms with Crippen LogP contribution in [-0.4, -0.2) is 33.0 Å². The Morgan fingerprint density at radius 2 is 2.14 bits per heavy atom. The topological polar surface area (TPSA) is 101 Å². The summed E-state index contributed by atoms with van der Waals surface area (Å²) in [6.45, 7) is 2.85. The van der Waals surface area contributed by atoms with Crippen molar-refractivity contribution in [2.24, 2.45) is 5.73 Å². The number of hydrogen-bond acceptors (Lipinski definition) is 4. The standard InChI is InChI=1S/C13H19N3O3S.ClH/c1-9-12(6-3-7-15-9)16-20(18,19)11-5-2-4-10(8-11)13(14)17;/h2,4-5,8-9,12,15-16H,3,6-7H2,1H3,(H2,14,17);1H. The van der Waals surface area contributed by atoms with E-state index in [0.29, 0.717) is 0 Å². The Morgan fingerprint density at radius 1 is 1.43 bits per heavy atom. The molecule has 0 aromatic heterocycles. The zero-order chi connectivity index (χ0) is 14.8. The molecule has 1 aliphatic heterocycles. The van der Waals surface area contributed by atoms with Crippen molar-refractivity contribution in [1.29, 1.82) is 0 Å². The first kappa shape index (κ1) is 17.9. The molecule has 1 aliphatic rings. The second-order valence-electron chi connectivity index (χ2n) is 5.00. The summed E-state index contributed by atoms with van der Waals surface area (Å²) in [5, 5.41) is 3.23. The van der Waals surface area contributed by atoms with Crippen molar-refractivity contribution in [2.45, 2.75) is 36.7 Å². The fourth-order valence-electron chi connectivity index (χ4n) is 2.29. The molecule has 2 atom stereocenters. The maximum absolute atomic E-state index is 12.3. The quantitative estimate of drug-likeness (QED) is 0.752. The van der Waals surface area contributed by atoms with Crippen LogP contribution < -0.4 is 15.8 Å². The number of nitrogens with one attached hydrogen (secondary N) is 2. The van der Waals surface area contributed by atoms with Crippen molar-refractivity contribution >= 4 is 28.3 Å². The van der Waals surface area contributed by atoms with Gasteiger partial charge in [-0.15, -0.1) is 12.4 Å². The Hall–Kier alpha value is -1.15. The SMILES string of the molecule is CC1NCCCC1NS(=O)(=O)c1cccc(C(N)=O)c1.Cl. The van der Waals surface area contributed by atoms with Crippen LogP contribution in [0, 0.1) is 0 Å². The van der Waals surface area contributed by atoms with Gasteiger partial charge in [-0.05, 0) is 44.5 Å². The number of piperidine rings is 1. The number of sulfonamides is 1. The molecule has 1 aromatic rings. The second-order valence-corrected chi connectivity index (χ2v) is 6.72. The summed E-state index contributed by atoms with van der Waals surface area (Å²) in [7, 11) is -3.65. The van der Waals surface area contributed by atoms with Gasteiger partial charge in [0.15, 0.2) is 0 Å². The molecular formula is C13H20ClN3O3S. The summed E-state index contributed by atoms with van der Waals surface area (Å²) in [6.07, 6.45) is 1.72. The third-order valence-corrected chi connectivity index (χ3v) is 4.98. The van der Waals surface area contributed by atoms with Gasteiger partial charge in [-0.3, -0.25) is 4.79 Å². The number of nitrogens with two attached hydrogens (primary N) is 1. The minimum Gasteiger partial charge on any atom is -0.366 e. The van der Waals surface area contributed by atoms with Gasteiger partial charge in [0.25, 0.3) is 0 Å². The van der Waals surface area contributed by atoms with Crippen LogP contribution in [0.15, 0.2) is 29.2 Å². The predicted octanol–water partition coefficient (Wildman–Crippen LogP) is 0.626. The summed E-state index contributed by atoms with van der Waals surface area (Å²) >= 11 is 0. The van der Waals surface area contributed by atoms with E-state index >= 15 is 0 Å². The van der Waals surface area contributed by atoms with E-state index in [1.165, 1.54) is 24.3 Å². The van der Waals surface area contributed by atoms with E-state index < -0.39 is 15.9 Å². The summed E-state index contributed by atoms with van der Waals surface area (Å²) in [6, 6.07) is 5.69. The van der Waals surface area contributed by atoms with Crippen LogP contribution in [0.3, 0.4) is 0 Å². The fraction of sp³-hybridized carbons (Fsp3) is 0.462. The maximum atomic E-state index is 12.3. The molecule has 1 saturated heterocycles. The minimum atomic E-state index is -3.65. The average Bonchev–Trinajstić information content (AvgIpc) is 2.41. The maximum Gasteiger partial charge on any atom is 0.248 e. The predicted molar refractivity (Wildman–Crippen MR) is 83.0 cm³/mol. The first-order valence-electron chi connectivity index (χ1n) is 6.56. The molecule has 0 bridgehead atoms. The Balaban J connectivity index is 0.00000220. The van der Waals surface area contributed by atoms with E-state index in [1.807, 2.05) is 6.92 Å². The van der Waals surface area contributed by atoms with Crippen LogP contribution in [0.4, 0.5) is 0 Å². The number of benzene rings is 1. The molecule has 0 radical (unpaired) electrons. The Kier molecular flexibility index (Phi) is 6.15. The largest absolute Gasteiger partial charge is 0.366 e. The molecule has 8 heteroatoms. The lowest BCUT2D eigenvalue weighted by molar-refractivity contribution is 0.1000. The first-order valence-corrected chi connectivity index (χ1v) is 8.04. The van der Waals surface area contributed by atoms with Gasteiger partial charge < -0.3 is 11.1 Å². The first-order chi connectivity index (χ1) is 9.40. The fourth-order valence-corrected chi connectivity index (χ4v) is 3.69. The number of hydrogen-bond donors (Lipinski definition) is 3. The summed E-state index contributed by atoms with van der Waals surface area (Å²) in [4.78, 5) is 11.2. The van der Waals surface area contributed by atoms with E-state index in [0.717, 1.165) is 19.4 Å². The molecule has 6 nitrogen and oxygen atoms in total. The smallest absolute Gasteiger partial charge is 0.248 e. The molecule has 0 aliphatic carbocycles. The van der Waals surface area contributed by atoms with Crippen LogP contribution in [-0.2, 0) is 10.0 Å². The zero-order valence-electron chi connectivity index (χ0n) is 11.7. The highest BCUT2D eigenvalue weighted by Gasteiger charge is 2.26. The summed E-state index contributed by atoms with van der Waals surface area (Å²) < 4.78 is 27.3. The lowest BCUT2D eigenvalue weighted by atomic mass is 10.0. The monoisotopic (exact) mass is 333 g/mol. The molecule has 2 unspecified atom stereocenters. The van der Waals surface area contributed by atoms with Gasteiger partial charge in [0.2, 0.25) is 15.9 Å². The van der Waals surface area contributed by atoms with Crippen LogP contribution >= 0.6 is 12.4 Å². The van der Waals surface area contributed by atoms with Gasteiger partial charge in [0, 0.05) is 17.6 Å². The number of halogens is 1. The lowest BCUT2D eigenvalue weighted by Gasteiger charge is -2.30. The third kappa shape index (κ3) is 4.41. The van der Waals surface area contributed by atoms with Crippen LogP contribution in [0.5, 0.6) is 0 Å². The Bertz CT molecular complexity index is 606. The second kappa shape index (κ2) is 7.22. The Labute approximate surface area is 130 Å². The van der Waals surface area contributed by atoms with Gasteiger partial charge in [0.1, 0.15) is 0 Å². The number of carbonyl (C=O) groups is 1. The molecule has 4 N–H and O–H groups in total. The van der Waals surface area contributed by atoms with Crippen LogP contribution in [0.25, 0.3) is 0 Å². The van der Waals surface area contributed by atoms with E-state index in [4.69, 9.17) is 5.73 Å². The highest BCUT2D eigenvalue weighted by atomic mass is 35.5. The van der Waals surface area contributed by atoms with Crippen molar-refractivity contribution < 1.29 is 13.2 Å². The van der Waals surface area contributed by atoms with Crippen LogP contribution in [0.2, 0.25) is 0 Å². The van der Waals surface area contributed by atoms with Crippen LogP contribution in [0.1, 0.15) is 30.1 Å². The molecule has 1 amide bonds. The van der Waals surface area contributed by atoms with Crippen molar-refractivity contribution in [1.82, 2.24) is 10.0 Å². The zero-order valence-corrected chi connectivity index (χ0v) is 13.3. The molecule has 1 aromatic carbocycles. The van der Waals surface area contributed by atoms with Crippen molar-refractivity contribution in [3.63, 3.8) is 0 Å². The van der Waals surface area contributed by atoms with Gasteiger partial charge in [-0.1, -0.05) is 6.07 Å². The molecule has 1 fully saturated rings. The van der Waals surface area contributed by atoms with Crippen molar-refractivity contribution in [3.8, 4) is 0 Å². The number of rotatable bonds is 4. The molecule has 21 heavy (non-hydrogen) atoms.